The van der Waals surface area contributed by atoms with Crippen LogP contribution in [0.3, 0.4) is 0 Å². The van der Waals surface area contributed by atoms with E-state index in [1.165, 1.54) is 0 Å². The van der Waals surface area contributed by atoms with Crippen LogP contribution in [0.2, 0.25) is 0 Å². The Morgan fingerprint density at radius 3 is 2.92 bits per heavy atom. The third-order valence-corrected chi connectivity index (χ3v) is 3.71. The summed E-state index contributed by atoms with van der Waals surface area (Å²) in [5.74, 6) is 0.274. The lowest BCUT2D eigenvalue weighted by molar-refractivity contribution is 0.0857. The zero-order chi connectivity index (χ0) is 17.4. The summed E-state index contributed by atoms with van der Waals surface area (Å²) in [6.45, 7) is 8.07. The van der Waals surface area contributed by atoms with Gasteiger partial charge in [-0.2, -0.15) is 0 Å². The molecule has 0 aliphatic carbocycles. The van der Waals surface area contributed by atoms with Crippen LogP contribution in [0.1, 0.15) is 35.7 Å². The van der Waals surface area contributed by atoms with Gasteiger partial charge in [-0.1, -0.05) is 24.3 Å². The van der Waals surface area contributed by atoms with Gasteiger partial charge in [0.15, 0.2) is 5.96 Å². The Labute approximate surface area is 166 Å². The smallest absolute Gasteiger partial charge is 0.251 e. The summed E-state index contributed by atoms with van der Waals surface area (Å²) >= 11 is 0. The van der Waals surface area contributed by atoms with E-state index >= 15 is 0 Å². The first-order chi connectivity index (χ1) is 11.5. The number of aliphatic imine (C=N–C) groups is 1. The Morgan fingerprint density at radius 2 is 2.24 bits per heavy atom. The number of halogens is 1. The van der Waals surface area contributed by atoms with Gasteiger partial charge in [-0.15, -0.1) is 24.0 Å². The fraction of sp³-hybridized carbons (Fsp3) is 0.444. The highest BCUT2D eigenvalue weighted by Crippen LogP contribution is 2.11. The maximum Gasteiger partial charge on any atom is 0.251 e. The van der Waals surface area contributed by atoms with Gasteiger partial charge in [-0.3, -0.25) is 4.79 Å². The molecule has 1 saturated heterocycles. The van der Waals surface area contributed by atoms with E-state index in [4.69, 9.17) is 10.5 Å². The topological polar surface area (TPSA) is 88.7 Å². The number of hydrogen-bond acceptors (Lipinski definition) is 3. The number of ether oxygens (including phenoxy) is 1. The van der Waals surface area contributed by atoms with E-state index in [0.29, 0.717) is 31.2 Å². The normalized spacial score (nSPS) is 16.8. The summed E-state index contributed by atoms with van der Waals surface area (Å²) in [6, 6.07) is 7.40. The Kier molecular flexibility index (Phi) is 9.51. The molecule has 1 atom stereocenters. The summed E-state index contributed by atoms with van der Waals surface area (Å²) in [5, 5.41) is 5.90. The van der Waals surface area contributed by atoms with Gasteiger partial charge in [0.25, 0.3) is 5.91 Å². The number of nitrogens with one attached hydrogen (secondary N) is 2. The molecule has 1 unspecified atom stereocenters. The number of nitrogens with two attached hydrogens (primary N) is 1. The van der Waals surface area contributed by atoms with Gasteiger partial charge in [0.1, 0.15) is 0 Å². The summed E-state index contributed by atoms with van der Waals surface area (Å²) in [7, 11) is 0. The van der Waals surface area contributed by atoms with Crippen LogP contribution in [0.25, 0.3) is 0 Å². The van der Waals surface area contributed by atoms with Gasteiger partial charge >= 0.3 is 0 Å². The van der Waals surface area contributed by atoms with Crippen LogP contribution < -0.4 is 16.4 Å². The predicted octanol–water partition coefficient (Wildman–Crippen LogP) is 2.19. The van der Waals surface area contributed by atoms with Crippen molar-refractivity contribution in [3.63, 3.8) is 0 Å². The van der Waals surface area contributed by atoms with E-state index in [-0.39, 0.29) is 36.0 Å². The van der Waals surface area contributed by atoms with E-state index in [9.17, 15) is 4.79 Å². The van der Waals surface area contributed by atoms with E-state index < -0.39 is 0 Å². The third kappa shape index (κ3) is 7.87. The second-order valence-electron chi connectivity index (χ2n) is 6.06. The Morgan fingerprint density at radius 1 is 1.44 bits per heavy atom. The molecular weight excluding hydrogens is 431 g/mol. The Bertz CT molecular complexity index is 613. The number of benzene rings is 1. The Hall–Kier alpha value is -1.61. The lowest BCUT2D eigenvalue weighted by atomic mass is 10.1. The SMILES string of the molecule is C=C(C)CNC(N)=NCc1cccc(C(=O)NCC2CCCO2)c1.I. The van der Waals surface area contributed by atoms with Crippen LogP contribution >= 0.6 is 24.0 Å². The zero-order valence-corrected chi connectivity index (χ0v) is 16.9. The average molecular weight is 458 g/mol. The van der Waals surface area contributed by atoms with Crippen molar-refractivity contribution in [3.05, 3.63) is 47.5 Å². The molecule has 1 aliphatic rings. The molecule has 0 radical (unpaired) electrons. The maximum atomic E-state index is 12.2. The van der Waals surface area contributed by atoms with E-state index in [1.54, 1.807) is 6.07 Å². The molecule has 1 aromatic carbocycles. The van der Waals surface area contributed by atoms with Gasteiger partial charge in [0.05, 0.1) is 12.6 Å². The number of hydrogen-bond donors (Lipinski definition) is 3. The van der Waals surface area contributed by atoms with Crippen molar-refractivity contribution in [2.75, 3.05) is 19.7 Å². The first kappa shape index (κ1) is 21.4. The molecule has 6 nitrogen and oxygen atoms in total. The lowest BCUT2D eigenvalue weighted by Crippen LogP contribution is -2.32. The van der Waals surface area contributed by atoms with Gasteiger partial charge in [-0.25, -0.2) is 4.99 Å². The minimum absolute atomic E-state index is 0. The molecule has 0 saturated carbocycles. The number of carbonyl (C=O) groups is 1. The van der Waals surface area contributed by atoms with Crippen molar-refractivity contribution in [1.82, 2.24) is 10.6 Å². The van der Waals surface area contributed by atoms with E-state index in [1.807, 2.05) is 25.1 Å². The molecule has 1 aliphatic heterocycles. The van der Waals surface area contributed by atoms with Crippen molar-refractivity contribution in [1.29, 1.82) is 0 Å². The quantitative estimate of drug-likeness (QED) is 0.253. The highest BCUT2D eigenvalue weighted by molar-refractivity contribution is 14.0. The predicted molar refractivity (Wildman–Crippen MR) is 111 cm³/mol. The van der Waals surface area contributed by atoms with E-state index in [0.717, 1.165) is 30.6 Å². The Balaban J connectivity index is 0.00000312. The van der Waals surface area contributed by atoms with Crippen LogP contribution in [0, 0.1) is 0 Å². The summed E-state index contributed by atoms with van der Waals surface area (Å²) in [4.78, 5) is 16.5. The fourth-order valence-corrected chi connectivity index (χ4v) is 2.40. The van der Waals surface area contributed by atoms with Crippen LogP contribution in [0.5, 0.6) is 0 Å². The lowest BCUT2D eigenvalue weighted by Gasteiger charge is -2.11. The fourth-order valence-electron chi connectivity index (χ4n) is 2.40. The molecule has 0 bridgehead atoms. The first-order valence-corrected chi connectivity index (χ1v) is 8.21. The number of guanidine groups is 1. The van der Waals surface area contributed by atoms with E-state index in [2.05, 4.69) is 22.2 Å². The molecule has 1 amide bonds. The number of rotatable bonds is 7. The average Bonchev–Trinajstić information content (AvgIpc) is 3.09. The number of nitrogens with zero attached hydrogens (tertiary/aromatic N) is 1. The van der Waals surface area contributed by atoms with Crippen LogP contribution in [-0.2, 0) is 11.3 Å². The van der Waals surface area contributed by atoms with Crippen molar-refractivity contribution >= 4 is 35.8 Å². The zero-order valence-electron chi connectivity index (χ0n) is 14.6. The second-order valence-corrected chi connectivity index (χ2v) is 6.06. The molecule has 1 heterocycles. The summed E-state index contributed by atoms with van der Waals surface area (Å²) in [6.07, 6.45) is 2.21. The number of carbonyl (C=O) groups excluding carboxylic acids is 1. The standard InChI is InChI=1S/C18H26N4O2.HI/c1-13(2)10-21-18(19)22-11-14-5-3-6-15(9-14)17(23)20-12-16-7-4-8-24-16;/h3,5-6,9,16H,1,4,7-8,10-12H2,2H3,(H,20,23)(H3,19,21,22);1H. The van der Waals surface area contributed by atoms with Crippen molar-refractivity contribution in [3.8, 4) is 0 Å². The molecule has 4 N–H and O–H groups in total. The van der Waals surface area contributed by atoms with Gasteiger partial charge < -0.3 is 21.1 Å². The molecule has 2 rings (SSSR count). The summed E-state index contributed by atoms with van der Waals surface area (Å²) < 4.78 is 5.51. The second kappa shape index (κ2) is 11.1. The highest BCUT2D eigenvalue weighted by atomic mass is 127. The van der Waals surface area contributed by atoms with Crippen molar-refractivity contribution < 1.29 is 9.53 Å². The molecule has 25 heavy (non-hydrogen) atoms. The molecule has 0 spiro atoms. The van der Waals surface area contributed by atoms with Crippen molar-refractivity contribution in [2.45, 2.75) is 32.4 Å². The largest absolute Gasteiger partial charge is 0.376 e. The first-order valence-electron chi connectivity index (χ1n) is 8.21. The molecule has 138 valence electrons. The molecular formula is C18H27IN4O2. The van der Waals surface area contributed by atoms with Crippen LogP contribution in [0.4, 0.5) is 0 Å². The molecule has 7 heteroatoms. The monoisotopic (exact) mass is 458 g/mol. The van der Waals surface area contributed by atoms with Gasteiger partial charge in [0.2, 0.25) is 0 Å². The minimum Gasteiger partial charge on any atom is -0.376 e. The van der Waals surface area contributed by atoms with Crippen LogP contribution in [-0.4, -0.2) is 37.7 Å². The van der Waals surface area contributed by atoms with Gasteiger partial charge in [-0.05, 0) is 37.5 Å². The molecule has 0 aromatic heterocycles. The summed E-state index contributed by atoms with van der Waals surface area (Å²) in [5.41, 5.74) is 8.32. The third-order valence-electron chi connectivity index (χ3n) is 3.71. The van der Waals surface area contributed by atoms with Gasteiger partial charge in [0, 0.05) is 25.3 Å². The van der Waals surface area contributed by atoms with Crippen LogP contribution in [0.15, 0.2) is 41.4 Å². The van der Waals surface area contributed by atoms with Crippen molar-refractivity contribution in [2.24, 2.45) is 10.7 Å². The molecule has 1 fully saturated rings. The highest BCUT2D eigenvalue weighted by Gasteiger charge is 2.16. The molecule has 1 aromatic rings. The minimum atomic E-state index is -0.0929. The maximum absolute atomic E-state index is 12.2. The number of amides is 1.